The van der Waals surface area contributed by atoms with Gasteiger partial charge in [-0.1, -0.05) is 0 Å². The Bertz CT molecular complexity index is 991. The van der Waals surface area contributed by atoms with Gasteiger partial charge in [0.2, 0.25) is 0 Å². The molecule has 3 heterocycles. The highest BCUT2D eigenvalue weighted by Crippen LogP contribution is 2.27. The number of carbonyl (C=O) groups excluding carboxylic acids is 1. The van der Waals surface area contributed by atoms with Gasteiger partial charge in [-0.25, -0.2) is 9.50 Å². The molecule has 1 aliphatic heterocycles. The summed E-state index contributed by atoms with van der Waals surface area (Å²) in [4.78, 5) is 19.3. The Labute approximate surface area is 150 Å². The molecule has 1 saturated carbocycles. The monoisotopic (exact) mass is 349 g/mol. The van der Waals surface area contributed by atoms with Crippen molar-refractivity contribution in [3.63, 3.8) is 0 Å². The summed E-state index contributed by atoms with van der Waals surface area (Å²) in [7, 11) is 0. The van der Waals surface area contributed by atoms with E-state index in [0.717, 1.165) is 22.7 Å². The molecule has 3 aromatic rings. The van der Waals surface area contributed by atoms with Crippen LogP contribution < -0.4 is 5.32 Å². The third-order valence-corrected chi connectivity index (χ3v) is 4.96. The molecule has 0 unspecified atom stereocenters. The summed E-state index contributed by atoms with van der Waals surface area (Å²) < 4.78 is 1.80. The van der Waals surface area contributed by atoms with Gasteiger partial charge in [0.05, 0.1) is 12.2 Å². The minimum Gasteiger partial charge on any atom is -0.508 e. The lowest BCUT2D eigenvalue weighted by Crippen LogP contribution is -2.35. The molecule has 26 heavy (non-hydrogen) atoms. The molecule has 0 spiro atoms. The number of hydrogen-bond acceptors (Lipinski definition) is 5. The number of nitrogens with zero attached hydrogens (tertiary/aromatic N) is 4. The first kappa shape index (κ1) is 15.2. The first-order valence-electron chi connectivity index (χ1n) is 8.89. The standard InChI is InChI=1S/C19H19N5O2/c25-14-5-1-12(2-6-14)19(26)23-9-7-16-15(11-23)18-21-17(20-13-3-4-13)8-10-24(18)22-16/h1-2,5-6,8,10,13,25H,3-4,7,9,11H2,(H,20,21). The lowest BCUT2D eigenvalue weighted by molar-refractivity contribution is 0.0735. The predicted octanol–water partition coefficient (Wildman–Crippen LogP) is 2.21. The topological polar surface area (TPSA) is 82.8 Å². The Morgan fingerprint density at radius 3 is 2.77 bits per heavy atom. The largest absolute Gasteiger partial charge is 0.508 e. The number of benzene rings is 1. The van der Waals surface area contributed by atoms with E-state index in [2.05, 4.69) is 10.4 Å². The van der Waals surface area contributed by atoms with Crippen LogP contribution in [0.4, 0.5) is 5.82 Å². The molecule has 0 radical (unpaired) electrons. The van der Waals surface area contributed by atoms with Crippen LogP contribution in [0, 0.1) is 0 Å². The van der Waals surface area contributed by atoms with E-state index in [1.807, 2.05) is 17.2 Å². The number of rotatable bonds is 3. The summed E-state index contributed by atoms with van der Waals surface area (Å²) in [5.41, 5.74) is 3.42. The minimum atomic E-state index is -0.0396. The maximum Gasteiger partial charge on any atom is 0.254 e. The van der Waals surface area contributed by atoms with Crippen molar-refractivity contribution in [1.82, 2.24) is 19.5 Å². The van der Waals surface area contributed by atoms with Crippen LogP contribution in [0.15, 0.2) is 36.5 Å². The second kappa shape index (κ2) is 5.72. The molecule has 0 atom stereocenters. The van der Waals surface area contributed by atoms with Crippen molar-refractivity contribution in [2.75, 3.05) is 11.9 Å². The molecule has 5 rings (SSSR count). The van der Waals surface area contributed by atoms with E-state index in [9.17, 15) is 9.90 Å². The maximum absolute atomic E-state index is 12.8. The number of phenols is 1. The number of fused-ring (bicyclic) bond motifs is 3. The Kier molecular flexibility index (Phi) is 3.34. The molecule has 1 aromatic carbocycles. The zero-order valence-corrected chi connectivity index (χ0v) is 14.2. The average Bonchev–Trinajstić information content (AvgIpc) is 3.40. The van der Waals surface area contributed by atoms with E-state index >= 15 is 0 Å². The first-order valence-corrected chi connectivity index (χ1v) is 8.89. The zero-order valence-electron chi connectivity index (χ0n) is 14.2. The smallest absolute Gasteiger partial charge is 0.254 e. The van der Waals surface area contributed by atoms with Gasteiger partial charge in [0, 0.05) is 36.3 Å². The Balaban J connectivity index is 1.45. The van der Waals surface area contributed by atoms with E-state index in [1.54, 1.807) is 16.6 Å². The highest BCUT2D eigenvalue weighted by Gasteiger charge is 2.27. The average molecular weight is 349 g/mol. The van der Waals surface area contributed by atoms with Gasteiger partial charge in [0.15, 0.2) is 5.65 Å². The van der Waals surface area contributed by atoms with Crippen LogP contribution in [0.25, 0.3) is 5.65 Å². The van der Waals surface area contributed by atoms with E-state index in [-0.39, 0.29) is 11.7 Å². The Hall–Kier alpha value is -3.09. The predicted molar refractivity (Wildman–Crippen MR) is 96.2 cm³/mol. The zero-order chi connectivity index (χ0) is 17.7. The van der Waals surface area contributed by atoms with Crippen molar-refractivity contribution in [2.45, 2.75) is 31.8 Å². The molecule has 2 aliphatic rings. The van der Waals surface area contributed by atoms with E-state index in [0.29, 0.717) is 31.1 Å². The first-order chi connectivity index (χ1) is 12.7. The third-order valence-electron chi connectivity index (χ3n) is 4.96. The highest BCUT2D eigenvalue weighted by atomic mass is 16.3. The number of hydrogen-bond donors (Lipinski definition) is 2. The Morgan fingerprint density at radius 2 is 2.00 bits per heavy atom. The van der Waals surface area contributed by atoms with Crippen LogP contribution >= 0.6 is 0 Å². The molecular weight excluding hydrogens is 330 g/mol. The highest BCUT2D eigenvalue weighted by molar-refractivity contribution is 5.94. The van der Waals surface area contributed by atoms with Gasteiger partial charge in [-0.3, -0.25) is 4.79 Å². The van der Waals surface area contributed by atoms with Gasteiger partial charge in [-0.2, -0.15) is 5.10 Å². The molecule has 1 fully saturated rings. The quantitative estimate of drug-likeness (QED) is 0.757. The molecule has 0 saturated heterocycles. The number of phenolic OH excluding ortho intramolecular Hbond substituents is 1. The number of carbonyl (C=O) groups is 1. The minimum absolute atomic E-state index is 0.0396. The third kappa shape index (κ3) is 2.65. The van der Waals surface area contributed by atoms with Crippen LogP contribution in [0.1, 0.15) is 34.5 Å². The molecule has 7 heteroatoms. The van der Waals surface area contributed by atoms with Gasteiger partial charge >= 0.3 is 0 Å². The lowest BCUT2D eigenvalue weighted by Gasteiger charge is -2.26. The SMILES string of the molecule is O=C(c1ccc(O)cc1)N1CCc2nn3ccc(NC4CC4)nc3c2C1. The molecule has 1 amide bonds. The van der Waals surface area contributed by atoms with E-state index in [4.69, 9.17) is 4.98 Å². The van der Waals surface area contributed by atoms with Crippen molar-refractivity contribution in [2.24, 2.45) is 0 Å². The number of aromatic hydroxyl groups is 1. The molecule has 132 valence electrons. The summed E-state index contributed by atoms with van der Waals surface area (Å²) in [6.45, 7) is 1.13. The summed E-state index contributed by atoms with van der Waals surface area (Å²) >= 11 is 0. The van der Waals surface area contributed by atoms with Gasteiger partial charge < -0.3 is 15.3 Å². The maximum atomic E-state index is 12.8. The number of nitrogens with one attached hydrogen (secondary N) is 1. The van der Waals surface area contributed by atoms with Crippen LogP contribution in [-0.4, -0.2) is 43.1 Å². The molecule has 2 aromatic heterocycles. The van der Waals surface area contributed by atoms with Crippen LogP contribution in [0.5, 0.6) is 5.75 Å². The number of aromatic nitrogens is 3. The fraction of sp³-hybridized carbons (Fsp3) is 0.316. The van der Waals surface area contributed by atoms with Crippen molar-refractivity contribution in [3.05, 3.63) is 53.3 Å². The van der Waals surface area contributed by atoms with Gasteiger partial charge in [-0.15, -0.1) is 0 Å². The normalized spacial score (nSPS) is 16.5. The van der Waals surface area contributed by atoms with Crippen molar-refractivity contribution in [1.29, 1.82) is 0 Å². The summed E-state index contributed by atoms with van der Waals surface area (Å²) in [5, 5.41) is 17.4. The van der Waals surface area contributed by atoms with Crippen LogP contribution in [-0.2, 0) is 13.0 Å². The van der Waals surface area contributed by atoms with Gasteiger partial charge in [0.1, 0.15) is 11.6 Å². The van der Waals surface area contributed by atoms with Crippen molar-refractivity contribution < 1.29 is 9.90 Å². The molecule has 2 N–H and O–H groups in total. The van der Waals surface area contributed by atoms with Crippen molar-refractivity contribution in [3.8, 4) is 5.75 Å². The second-order valence-corrected chi connectivity index (χ2v) is 6.95. The molecule has 1 aliphatic carbocycles. The Morgan fingerprint density at radius 1 is 1.19 bits per heavy atom. The number of anilines is 1. The second-order valence-electron chi connectivity index (χ2n) is 6.95. The molecular formula is C19H19N5O2. The van der Waals surface area contributed by atoms with Crippen LogP contribution in [0.2, 0.25) is 0 Å². The van der Waals surface area contributed by atoms with Crippen molar-refractivity contribution >= 4 is 17.4 Å². The fourth-order valence-electron chi connectivity index (χ4n) is 3.37. The fourth-order valence-corrected chi connectivity index (χ4v) is 3.37. The lowest BCUT2D eigenvalue weighted by atomic mass is 10.1. The summed E-state index contributed by atoms with van der Waals surface area (Å²) in [6, 6.07) is 8.86. The van der Waals surface area contributed by atoms with E-state index in [1.165, 1.54) is 25.0 Å². The molecule has 7 nitrogen and oxygen atoms in total. The number of amides is 1. The van der Waals surface area contributed by atoms with Gasteiger partial charge in [-0.05, 0) is 43.2 Å². The van der Waals surface area contributed by atoms with E-state index < -0.39 is 0 Å². The summed E-state index contributed by atoms with van der Waals surface area (Å²) in [6.07, 6.45) is 5.03. The van der Waals surface area contributed by atoms with Gasteiger partial charge in [0.25, 0.3) is 5.91 Å². The summed E-state index contributed by atoms with van der Waals surface area (Å²) in [5.74, 6) is 0.983. The van der Waals surface area contributed by atoms with Crippen LogP contribution in [0.3, 0.4) is 0 Å². The molecule has 0 bridgehead atoms.